The number of nitrogens with zero attached hydrogens (tertiary/aromatic N) is 1. The van der Waals surface area contributed by atoms with Crippen molar-refractivity contribution < 1.29 is 23.8 Å². The SMILES string of the molecule is O=C1CCC(Oc2ccc(N3CCC(COC4CCCCO4)CC3)cc2)C(=O)N1. The van der Waals surface area contributed by atoms with E-state index in [9.17, 15) is 9.59 Å². The Morgan fingerprint density at radius 3 is 2.52 bits per heavy atom. The fourth-order valence-corrected chi connectivity index (χ4v) is 4.13. The van der Waals surface area contributed by atoms with Gasteiger partial charge in [-0.2, -0.15) is 0 Å². The average molecular weight is 402 g/mol. The molecule has 2 atom stereocenters. The van der Waals surface area contributed by atoms with E-state index < -0.39 is 6.10 Å². The van der Waals surface area contributed by atoms with Crippen LogP contribution < -0.4 is 15.0 Å². The van der Waals surface area contributed by atoms with Crippen LogP contribution in [0.15, 0.2) is 24.3 Å². The van der Waals surface area contributed by atoms with Gasteiger partial charge in [0.1, 0.15) is 5.75 Å². The van der Waals surface area contributed by atoms with E-state index in [1.165, 1.54) is 6.42 Å². The minimum atomic E-state index is -0.595. The predicted molar refractivity (Wildman–Crippen MR) is 108 cm³/mol. The van der Waals surface area contributed by atoms with E-state index in [2.05, 4.69) is 10.2 Å². The highest BCUT2D eigenvalue weighted by Gasteiger charge is 2.28. The van der Waals surface area contributed by atoms with E-state index in [0.29, 0.717) is 24.5 Å². The molecule has 3 fully saturated rings. The first kappa shape index (κ1) is 20.2. The highest BCUT2D eigenvalue weighted by Crippen LogP contribution is 2.27. The zero-order valence-electron chi connectivity index (χ0n) is 16.8. The maximum atomic E-state index is 11.8. The van der Waals surface area contributed by atoms with Gasteiger partial charge in [-0.15, -0.1) is 0 Å². The van der Waals surface area contributed by atoms with Gasteiger partial charge in [-0.3, -0.25) is 14.9 Å². The van der Waals surface area contributed by atoms with Crippen molar-refractivity contribution in [3.8, 4) is 5.75 Å². The third-order valence-corrected chi connectivity index (χ3v) is 5.94. The third-order valence-electron chi connectivity index (χ3n) is 5.94. The first-order valence-corrected chi connectivity index (χ1v) is 10.8. The van der Waals surface area contributed by atoms with E-state index in [1.54, 1.807) is 0 Å². The van der Waals surface area contributed by atoms with Gasteiger partial charge < -0.3 is 19.1 Å². The van der Waals surface area contributed by atoms with Crippen LogP contribution in [-0.2, 0) is 19.1 Å². The summed E-state index contributed by atoms with van der Waals surface area (Å²) in [6.45, 7) is 3.63. The van der Waals surface area contributed by atoms with Crippen LogP contribution >= 0.6 is 0 Å². The molecule has 1 aromatic rings. The summed E-state index contributed by atoms with van der Waals surface area (Å²) < 4.78 is 17.4. The Kier molecular flexibility index (Phi) is 6.67. The molecule has 4 rings (SSSR count). The van der Waals surface area contributed by atoms with Gasteiger partial charge in [0, 0.05) is 38.2 Å². The molecular weight excluding hydrogens is 372 g/mol. The molecule has 0 aromatic heterocycles. The van der Waals surface area contributed by atoms with E-state index in [4.69, 9.17) is 14.2 Å². The summed E-state index contributed by atoms with van der Waals surface area (Å²) in [6, 6.07) is 7.87. The highest BCUT2D eigenvalue weighted by molar-refractivity contribution is 5.99. The quantitative estimate of drug-likeness (QED) is 0.737. The topological polar surface area (TPSA) is 77.1 Å². The second-order valence-corrected chi connectivity index (χ2v) is 8.11. The summed E-state index contributed by atoms with van der Waals surface area (Å²) in [5.74, 6) is 0.657. The zero-order valence-corrected chi connectivity index (χ0v) is 16.8. The molecule has 0 radical (unpaired) electrons. The second-order valence-electron chi connectivity index (χ2n) is 8.11. The fraction of sp³-hybridized carbons (Fsp3) is 0.636. The summed E-state index contributed by atoms with van der Waals surface area (Å²) in [5, 5.41) is 2.32. The van der Waals surface area contributed by atoms with Crippen molar-refractivity contribution in [2.75, 3.05) is 31.2 Å². The molecule has 3 saturated heterocycles. The van der Waals surface area contributed by atoms with Crippen LogP contribution in [0.25, 0.3) is 0 Å². The van der Waals surface area contributed by atoms with E-state index in [1.807, 2.05) is 24.3 Å². The van der Waals surface area contributed by atoms with E-state index in [0.717, 1.165) is 57.7 Å². The van der Waals surface area contributed by atoms with E-state index in [-0.39, 0.29) is 18.1 Å². The lowest BCUT2D eigenvalue weighted by Gasteiger charge is -2.34. The van der Waals surface area contributed by atoms with Crippen molar-refractivity contribution in [1.29, 1.82) is 0 Å². The molecule has 1 aromatic carbocycles. The van der Waals surface area contributed by atoms with Crippen molar-refractivity contribution in [3.05, 3.63) is 24.3 Å². The Hall–Kier alpha value is -2.12. The number of ether oxygens (including phenoxy) is 3. The van der Waals surface area contributed by atoms with Gasteiger partial charge in [0.15, 0.2) is 12.4 Å². The summed E-state index contributed by atoms with van der Waals surface area (Å²) in [6.07, 6.45) is 5.74. The summed E-state index contributed by atoms with van der Waals surface area (Å²) in [4.78, 5) is 25.4. The van der Waals surface area contributed by atoms with Crippen LogP contribution in [-0.4, -0.2) is 50.5 Å². The first-order valence-electron chi connectivity index (χ1n) is 10.8. The molecule has 2 unspecified atom stereocenters. The van der Waals surface area contributed by atoms with Crippen LogP contribution in [0.4, 0.5) is 5.69 Å². The lowest BCUT2D eigenvalue weighted by Crippen LogP contribution is -2.46. The second kappa shape index (κ2) is 9.59. The molecule has 2 amide bonds. The lowest BCUT2D eigenvalue weighted by atomic mass is 9.97. The molecule has 7 heteroatoms. The average Bonchev–Trinajstić information content (AvgIpc) is 2.76. The molecule has 3 aliphatic rings. The molecule has 1 N–H and O–H groups in total. The van der Waals surface area contributed by atoms with Crippen molar-refractivity contribution >= 4 is 17.5 Å². The number of benzene rings is 1. The zero-order chi connectivity index (χ0) is 20.1. The molecular formula is C22H30N2O5. The van der Waals surface area contributed by atoms with Gasteiger partial charge in [0.2, 0.25) is 5.91 Å². The normalized spacial score (nSPS) is 26.3. The molecule has 0 saturated carbocycles. The molecule has 3 aliphatic heterocycles. The Balaban J connectivity index is 1.21. The van der Waals surface area contributed by atoms with Crippen molar-refractivity contribution in [2.45, 2.75) is 57.3 Å². The first-order chi connectivity index (χ1) is 14.2. The molecule has 158 valence electrons. The van der Waals surface area contributed by atoms with E-state index >= 15 is 0 Å². The maximum absolute atomic E-state index is 11.8. The van der Waals surface area contributed by atoms with Crippen LogP contribution in [0.2, 0.25) is 0 Å². The van der Waals surface area contributed by atoms with Gasteiger partial charge in [0.25, 0.3) is 5.91 Å². The van der Waals surface area contributed by atoms with Crippen LogP contribution in [0.1, 0.15) is 44.9 Å². The van der Waals surface area contributed by atoms with Crippen LogP contribution in [0.3, 0.4) is 0 Å². The van der Waals surface area contributed by atoms with Crippen molar-refractivity contribution in [3.63, 3.8) is 0 Å². The smallest absolute Gasteiger partial charge is 0.267 e. The van der Waals surface area contributed by atoms with Crippen LogP contribution in [0.5, 0.6) is 5.75 Å². The minimum absolute atomic E-state index is 0.00121. The Morgan fingerprint density at radius 1 is 1.03 bits per heavy atom. The molecule has 0 bridgehead atoms. The summed E-state index contributed by atoms with van der Waals surface area (Å²) >= 11 is 0. The predicted octanol–water partition coefficient (Wildman–Crippen LogP) is 2.63. The number of carbonyl (C=O) groups excluding carboxylic acids is 2. The van der Waals surface area contributed by atoms with Crippen molar-refractivity contribution in [2.24, 2.45) is 5.92 Å². The summed E-state index contributed by atoms with van der Waals surface area (Å²) in [5.41, 5.74) is 1.16. The van der Waals surface area contributed by atoms with Gasteiger partial charge in [-0.1, -0.05) is 0 Å². The Bertz CT molecular complexity index is 694. The molecule has 29 heavy (non-hydrogen) atoms. The number of hydrogen-bond acceptors (Lipinski definition) is 6. The lowest BCUT2D eigenvalue weighted by molar-refractivity contribution is -0.169. The minimum Gasteiger partial charge on any atom is -0.481 e. The van der Waals surface area contributed by atoms with Gasteiger partial charge in [-0.25, -0.2) is 0 Å². The van der Waals surface area contributed by atoms with Crippen molar-refractivity contribution in [1.82, 2.24) is 5.32 Å². The molecule has 0 aliphatic carbocycles. The number of piperidine rings is 2. The Morgan fingerprint density at radius 2 is 1.83 bits per heavy atom. The Labute approximate surface area is 171 Å². The molecule has 3 heterocycles. The monoisotopic (exact) mass is 402 g/mol. The molecule has 0 spiro atoms. The number of nitrogens with one attached hydrogen (secondary N) is 1. The van der Waals surface area contributed by atoms with Gasteiger partial charge in [-0.05, 0) is 62.3 Å². The number of carbonyl (C=O) groups is 2. The number of rotatable bonds is 6. The van der Waals surface area contributed by atoms with Crippen LogP contribution in [0, 0.1) is 5.92 Å². The summed E-state index contributed by atoms with van der Waals surface area (Å²) in [7, 11) is 0. The highest BCUT2D eigenvalue weighted by atomic mass is 16.7. The molecule has 7 nitrogen and oxygen atoms in total. The number of amides is 2. The number of anilines is 1. The van der Waals surface area contributed by atoms with Gasteiger partial charge >= 0.3 is 0 Å². The fourth-order valence-electron chi connectivity index (χ4n) is 4.13. The number of hydrogen-bond donors (Lipinski definition) is 1. The largest absolute Gasteiger partial charge is 0.481 e. The number of imide groups is 1. The maximum Gasteiger partial charge on any atom is 0.267 e. The third kappa shape index (κ3) is 5.48. The standard InChI is InChI=1S/C22H30N2O5/c25-20-9-8-19(22(26)23-20)29-18-6-4-17(5-7-18)24-12-10-16(11-13-24)15-28-21-3-1-2-14-27-21/h4-7,16,19,21H,1-3,8-15H2,(H,23,25,26). The van der Waals surface area contributed by atoms with Gasteiger partial charge in [0.05, 0.1) is 6.61 Å².